The van der Waals surface area contributed by atoms with Gasteiger partial charge < -0.3 is 8.83 Å². The van der Waals surface area contributed by atoms with Gasteiger partial charge in [-0.05, 0) is 82.2 Å². The summed E-state index contributed by atoms with van der Waals surface area (Å²) in [5.41, 5.74) is 9.61. The molecule has 4 heteroatoms. The van der Waals surface area contributed by atoms with Crippen LogP contribution in [0.3, 0.4) is 0 Å². The van der Waals surface area contributed by atoms with Gasteiger partial charge in [-0.15, -0.1) is 0 Å². The molecule has 0 amide bonds. The monoisotopic (exact) mass is 666 g/mol. The molecular weight excluding hydrogens is 637 g/mol. The maximum Gasteiger partial charge on any atom is 0.160 e. The fraction of sp³-hybridized carbons (Fsp3) is 0.0417. The maximum absolute atomic E-state index is 6.63. The van der Waals surface area contributed by atoms with E-state index in [9.17, 15) is 0 Å². The first-order valence-electron chi connectivity index (χ1n) is 17.8. The minimum Gasteiger partial charge on any atom is -0.456 e. The third-order valence-electron chi connectivity index (χ3n) is 10.6. The Morgan fingerprint density at radius 1 is 0.481 bits per heavy atom. The molecule has 0 fully saturated rings. The second-order valence-corrected chi connectivity index (χ2v) is 13.7. The summed E-state index contributed by atoms with van der Waals surface area (Å²) in [6.07, 6.45) is 9.55. The first kappa shape index (κ1) is 29.0. The normalized spacial score (nSPS) is 14.5. The summed E-state index contributed by atoms with van der Waals surface area (Å²) in [5, 5.41) is 8.88. The lowest BCUT2D eigenvalue weighted by Gasteiger charge is -2.16. The lowest BCUT2D eigenvalue weighted by atomic mass is 9.94. The lowest BCUT2D eigenvalue weighted by Crippen LogP contribution is -2.04. The van der Waals surface area contributed by atoms with Crippen LogP contribution in [0.25, 0.3) is 99.2 Å². The van der Waals surface area contributed by atoms with Gasteiger partial charge in [-0.2, -0.15) is 0 Å². The van der Waals surface area contributed by atoms with Crippen molar-refractivity contribution in [2.45, 2.75) is 12.3 Å². The van der Waals surface area contributed by atoms with Crippen LogP contribution < -0.4 is 0 Å². The van der Waals surface area contributed by atoms with Crippen LogP contribution in [0.15, 0.2) is 173 Å². The molecule has 1 aliphatic rings. The van der Waals surface area contributed by atoms with Crippen molar-refractivity contribution in [3.8, 4) is 33.8 Å². The van der Waals surface area contributed by atoms with Gasteiger partial charge in [0.2, 0.25) is 0 Å². The second kappa shape index (κ2) is 11.4. The Hall–Kier alpha value is -6.78. The standard InChI is InChI=1S/C48H30N2O2/c1-2-11-30(12-3-1)42-28-43(34-20-22-37-36-15-8-9-17-44(36)51-46(37)26-34)50-48(49-42)41-27-40-39-25-33(32-19-18-29-10-4-5-13-31(29)24-32)21-23-45(39)52-47(40)38-16-7-6-14-35(38)41/h1-11,13-28,30H,12H2/t30-/m0/s1. The first-order chi connectivity index (χ1) is 25.7. The summed E-state index contributed by atoms with van der Waals surface area (Å²) in [4.78, 5) is 10.6. The SMILES string of the molecule is C1=CC[C@@H](c2cc(-c3ccc4c(c3)oc3ccccc34)nc(-c3cc4c5cc(-c6ccc7ccccc7c6)ccc5oc4c4ccccc34)n2)C=C1. The van der Waals surface area contributed by atoms with Gasteiger partial charge in [-0.25, -0.2) is 9.97 Å². The Labute approximate surface area is 299 Å². The van der Waals surface area contributed by atoms with Crippen LogP contribution >= 0.6 is 0 Å². The van der Waals surface area contributed by atoms with E-state index in [4.69, 9.17) is 18.8 Å². The van der Waals surface area contributed by atoms with Crippen molar-refractivity contribution in [2.24, 2.45) is 0 Å². The number of fused-ring (bicyclic) bond motifs is 9. The maximum atomic E-state index is 6.63. The van der Waals surface area contributed by atoms with Gasteiger partial charge >= 0.3 is 0 Å². The van der Waals surface area contributed by atoms with Gasteiger partial charge in [0.1, 0.15) is 22.3 Å². The Morgan fingerprint density at radius 3 is 2.13 bits per heavy atom. The summed E-state index contributed by atoms with van der Waals surface area (Å²) in [7, 11) is 0. The van der Waals surface area contributed by atoms with Crippen LogP contribution in [0.1, 0.15) is 18.0 Å². The zero-order valence-electron chi connectivity index (χ0n) is 28.1. The molecule has 0 saturated heterocycles. The molecule has 11 rings (SSSR count). The minimum absolute atomic E-state index is 0.148. The molecule has 0 N–H and O–H groups in total. The van der Waals surface area contributed by atoms with Crippen molar-refractivity contribution in [2.75, 3.05) is 0 Å². The van der Waals surface area contributed by atoms with E-state index in [0.29, 0.717) is 5.82 Å². The van der Waals surface area contributed by atoms with Crippen LogP contribution in [0.2, 0.25) is 0 Å². The molecule has 244 valence electrons. The van der Waals surface area contributed by atoms with Crippen molar-refractivity contribution < 1.29 is 8.83 Å². The largest absolute Gasteiger partial charge is 0.456 e. The summed E-state index contributed by atoms with van der Waals surface area (Å²) >= 11 is 0. The molecule has 4 nitrogen and oxygen atoms in total. The third kappa shape index (κ3) is 4.61. The van der Waals surface area contributed by atoms with E-state index < -0.39 is 0 Å². The van der Waals surface area contributed by atoms with Crippen LogP contribution in [0.5, 0.6) is 0 Å². The quantitative estimate of drug-likeness (QED) is 0.188. The molecule has 0 unspecified atom stereocenters. The Balaban J connectivity index is 1.13. The highest BCUT2D eigenvalue weighted by Gasteiger charge is 2.21. The molecule has 0 bridgehead atoms. The number of aromatic nitrogens is 2. The van der Waals surface area contributed by atoms with E-state index in [1.54, 1.807) is 0 Å². The Morgan fingerprint density at radius 2 is 1.23 bits per heavy atom. The fourth-order valence-electron chi connectivity index (χ4n) is 7.94. The Bertz CT molecular complexity index is 3120. The molecular formula is C48H30N2O2. The first-order valence-corrected chi connectivity index (χ1v) is 17.8. The Kier molecular flexibility index (Phi) is 6.34. The summed E-state index contributed by atoms with van der Waals surface area (Å²) in [6.45, 7) is 0. The molecule has 1 atom stereocenters. The van der Waals surface area contributed by atoms with Crippen LogP contribution in [0.4, 0.5) is 0 Å². The van der Waals surface area contributed by atoms with E-state index in [1.807, 2.05) is 12.1 Å². The van der Waals surface area contributed by atoms with E-state index >= 15 is 0 Å². The minimum atomic E-state index is 0.148. The average molecular weight is 667 g/mol. The average Bonchev–Trinajstić information content (AvgIpc) is 3.78. The molecule has 1 aliphatic carbocycles. The topological polar surface area (TPSA) is 52.1 Å². The zero-order valence-corrected chi connectivity index (χ0v) is 28.1. The number of nitrogens with zero attached hydrogens (tertiary/aromatic N) is 2. The highest BCUT2D eigenvalue weighted by molar-refractivity contribution is 6.19. The molecule has 0 saturated carbocycles. The number of hydrogen-bond donors (Lipinski definition) is 0. The van der Waals surface area contributed by atoms with Crippen LogP contribution in [-0.4, -0.2) is 9.97 Å². The molecule has 0 radical (unpaired) electrons. The predicted octanol–water partition coefficient (Wildman–Crippen LogP) is 13.2. The molecule has 52 heavy (non-hydrogen) atoms. The van der Waals surface area contributed by atoms with Crippen molar-refractivity contribution in [1.29, 1.82) is 0 Å². The third-order valence-corrected chi connectivity index (χ3v) is 10.6. The number of rotatable bonds is 4. The zero-order chi connectivity index (χ0) is 34.2. The number of hydrogen-bond acceptors (Lipinski definition) is 4. The molecule has 0 spiro atoms. The molecule has 10 aromatic rings. The van der Waals surface area contributed by atoms with Gasteiger partial charge in [-0.3, -0.25) is 0 Å². The van der Waals surface area contributed by atoms with Crippen LogP contribution in [-0.2, 0) is 0 Å². The van der Waals surface area contributed by atoms with E-state index in [0.717, 1.165) is 89.1 Å². The summed E-state index contributed by atoms with van der Waals surface area (Å²) in [6, 6.07) is 49.1. The molecule has 7 aromatic carbocycles. The van der Waals surface area contributed by atoms with Crippen molar-refractivity contribution in [3.05, 3.63) is 170 Å². The molecule has 3 heterocycles. The van der Waals surface area contributed by atoms with E-state index in [-0.39, 0.29) is 5.92 Å². The van der Waals surface area contributed by atoms with E-state index in [2.05, 4.69) is 152 Å². The van der Waals surface area contributed by atoms with Gasteiger partial charge in [-0.1, -0.05) is 115 Å². The highest BCUT2D eigenvalue weighted by atomic mass is 16.3. The van der Waals surface area contributed by atoms with Gasteiger partial charge in [0.15, 0.2) is 5.82 Å². The number of furan rings is 2. The van der Waals surface area contributed by atoms with Gasteiger partial charge in [0.25, 0.3) is 0 Å². The summed E-state index contributed by atoms with van der Waals surface area (Å²) < 4.78 is 12.9. The lowest BCUT2D eigenvalue weighted by molar-refractivity contribution is 0.669. The van der Waals surface area contributed by atoms with Crippen LogP contribution in [0, 0.1) is 0 Å². The van der Waals surface area contributed by atoms with Gasteiger partial charge in [0, 0.05) is 44.0 Å². The fourth-order valence-corrected chi connectivity index (χ4v) is 7.94. The van der Waals surface area contributed by atoms with Gasteiger partial charge in [0.05, 0.1) is 11.4 Å². The number of para-hydroxylation sites is 1. The number of allylic oxidation sites excluding steroid dienone is 4. The van der Waals surface area contributed by atoms with Crippen molar-refractivity contribution in [3.63, 3.8) is 0 Å². The molecule has 0 aliphatic heterocycles. The van der Waals surface area contributed by atoms with Crippen molar-refractivity contribution in [1.82, 2.24) is 9.97 Å². The predicted molar refractivity (Wildman–Crippen MR) is 214 cm³/mol. The summed E-state index contributed by atoms with van der Waals surface area (Å²) in [5.74, 6) is 0.841. The highest BCUT2D eigenvalue weighted by Crippen LogP contribution is 2.42. The van der Waals surface area contributed by atoms with E-state index in [1.165, 1.54) is 16.3 Å². The smallest absolute Gasteiger partial charge is 0.160 e. The second-order valence-electron chi connectivity index (χ2n) is 13.7. The number of benzene rings is 7. The van der Waals surface area contributed by atoms with Crippen molar-refractivity contribution >= 4 is 65.4 Å². The molecule has 3 aromatic heterocycles.